The van der Waals surface area contributed by atoms with Crippen molar-refractivity contribution in [1.29, 1.82) is 0 Å². The maximum atomic E-state index is 9.30. The number of rotatable bonds is 5. The Morgan fingerprint density at radius 2 is 1.70 bits per heavy atom. The molecule has 0 spiro atoms. The van der Waals surface area contributed by atoms with Crippen LogP contribution in [-0.2, 0) is 6.54 Å². The van der Waals surface area contributed by atoms with Crippen LogP contribution in [0.5, 0.6) is 0 Å². The highest BCUT2D eigenvalue weighted by atomic mass is 16.3. The first-order valence-electron chi connectivity index (χ1n) is 6.81. The molecule has 0 aliphatic carbocycles. The van der Waals surface area contributed by atoms with Gasteiger partial charge < -0.3 is 20.1 Å². The van der Waals surface area contributed by atoms with Crippen molar-refractivity contribution in [1.82, 2.24) is 4.57 Å². The van der Waals surface area contributed by atoms with Crippen LogP contribution in [0, 0.1) is 0 Å². The normalized spacial score (nSPS) is 11.3. The standard InChI is InChI=1S/C16H18N2O2/c19-9-7-17-12-5-6-14-13-3-1-2-4-15(13)18(8-10-20)16(14)11-12/h1-6,11,17,19-20H,7-10H2. The molecular formula is C16H18N2O2. The molecule has 20 heavy (non-hydrogen) atoms. The quantitative estimate of drug-likeness (QED) is 0.666. The summed E-state index contributed by atoms with van der Waals surface area (Å²) in [6, 6.07) is 14.4. The van der Waals surface area contributed by atoms with Gasteiger partial charge in [-0.25, -0.2) is 0 Å². The van der Waals surface area contributed by atoms with Gasteiger partial charge in [0.1, 0.15) is 0 Å². The van der Waals surface area contributed by atoms with Crippen molar-refractivity contribution in [3.8, 4) is 0 Å². The Morgan fingerprint density at radius 1 is 0.900 bits per heavy atom. The molecule has 0 atom stereocenters. The molecule has 3 N–H and O–H groups in total. The second-order valence-corrected chi connectivity index (χ2v) is 4.77. The lowest BCUT2D eigenvalue weighted by molar-refractivity contribution is 0.280. The van der Waals surface area contributed by atoms with E-state index in [1.807, 2.05) is 18.2 Å². The minimum absolute atomic E-state index is 0.109. The number of aliphatic hydroxyl groups excluding tert-OH is 2. The van der Waals surface area contributed by atoms with Crippen LogP contribution in [0.4, 0.5) is 5.69 Å². The largest absolute Gasteiger partial charge is 0.395 e. The minimum atomic E-state index is 0.109. The number of fused-ring (bicyclic) bond motifs is 3. The SMILES string of the molecule is OCCNc1ccc2c3ccccc3n(CCO)c2c1. The first kappa shape index (κ1) is 13.0. The second-order valence-electron chi connectivity index (χ2n) is 4.77. The van der Waals surface area contributed by atoms with Gasteiger partial charge in [-0.1, -0.05) is 24.3 Å². The van der Waals surface area contributed by atoms with Crippen molar-refractivity contribution >= 4 is 27.5 Å². The molecule has 0 saturated carbocycles. The van der Waals surface area contributed by atoms with Crippen molar-refractivity contribution in [3.05, 3.63) is 42.5 Å². The number of aromatic nitrogens is 1. The molecule has 2 aromatic carbocycles. The van der Waals surface area contributed by atoms with Crippen LogP contribution in [0.2, 0.25) is 0 Å². The zero-order chi connectivity index (χ0) is 13.9. The lowest BCUT2D eigenvalue weighted by Crippen LogP contribution is -2.06. The molecule has 0 aliphatic rings. The van der Waals surface area contributed by atoms with Gasteiger partial charge in [0.25, 0.3) is 0 Å². The lowest BCUT2D eigenvalue weighted by Gasteiger charge is -2.07. The van der Waals surface area contributed by atoms with Crippen molar-refractivity contribution in [2.24, 2.45) is 0 Å². The summed E-state index contributed by atoms with van der Waals surface area (Å²) in [6.45, 7) is 1.33. The summed E-state index contributed by atoms with van der Waals surface area (Å²) < 4.78 is 2.13. The maximum absolute atomic E-state index is 9.30. The summed E-state index contributed by atoms with van der Waals surface area (Å²) in [5.74, 6) is 0. The Bertz CT molecular complexity index is 734. The van der Waals surface area contributed by atoms with Gasteiger partial charge in [-0.05, 0) is 18.2 Å². The molecule has 104 valence electrons. The van der Waals surface area contributed by atoms with Crippen molar-refractivity contribution in [2.45, 2.75) is 6.54 Å². The molecule has 3 aromatic rings. The molecule has 3 rings (SSSR count). The second kappa shape index (κ2) is 5.53. The number of hydrogen-bond donors (Lipinski definition) is 3. The summed E-state index contributed by atoms with van der Waals surface area (Å²) in [4.78, 5) is 0. The van der Waals surface area contributed by atoms with Gasteiger partial charge in [-0.2, -0.15) is 0 Å². The van der Waals surface area contributed by atoms with E-state index in [0.29, 0.717) is 13.1 Å². The Morgan fingerprint density at radius 3 is 2.50 bits per heavy atom. The summed E-state index contributed by atoms with van der Waals surface area (Å²) >= 11 is 0. The summed E-state index contributed by atoms with van der Waals surface area (Å²) in [6.07, 6.45) is 0. The van der Waals surface area contributed by atoms with E-state index < -0.39 is 0 Å². The van der Waals surface area contributed by atoms with E-state index in [9.17, 15) is 5.11 Å². The molecule has 0 aliphatic heterocycles. The number of hydrogen-bond acceptors (Lipinski definition) is 3. The first-order valence-corrected chi connectivity index (χ1v) is 6.81. The third-order valence-corrected chi connectivity index (χ3v) is 3.54. The maximum Gasteiger partial charge on any atom is 0.0610 e. The Hall–Kier alpha value is -2.04. The number of para-hydroxylation sites is 1. The van der Waals surface area contributed by atoms with E-state index in [0.717, 1.165) is 16.7 Å². The molecule has 1 heterocycles. The lowest BCUT2D eigenvalue weighted by atomic mass is 10.1. The molecule has 0 radical (unpaired) electrons. The van der Waals surface area contributed by atoms with Crippen LogP contribution in [-0.4, -0.2) is 34.5 Å². The Kier molecular flexibility index (Phi) is 3.58. The predicted molar refractivity (Wildman–Crippen MR) is 82.1 cm³/mol. The van der Waals surface area contributed by atoms with Gasteiger partial charge in [0.2, 0.25) is 0 Å². The van der Waals surface area contributed by atoms with Gasteiger partial charge in [0.05, 0.1) is 18.7 Å². The topological polar surface area (TPSA) is 57.4 Å². The summed E-state index contributed by atoms with van der Waals surface area (Å²) in [5, 5.41) is 23.7. The zero-order valence-electron chi connectivity index (χ0n) is 11.2. The van der Waals surface area contributed by atoms with Gasteiger partial charge >= 0.3 is 0 Å². The Labute approximate surface area is 117 Å². The molecule has 0 saturated heterocycles. The fourth-order valence-electron chi connectivity index (χ4n) is 2.70. The van der Waals surface area contributed by atoms with E-state index >= 15 is 0 Å². The van der Waals surface area contributed by atoms with Crippen LogP contribution in [0.25, 0.3) is 21.8 Å². The highest BCUT2D eigenvalue weighted by Crippen LogP contribution is 2.30. The van der Waals surface area contributed by atoms with Crippen molar-refractivity contribution < 1.29 is 10.2 Å². The van der Waals surface area contributed by atoms with Crippen LogP contribution < -0.4 is 5.32 Å². The highest BCUT2D eigenvalue weighted by Gasteiger charge is 2.10. The number of anilines is 1. The van der Waals surface area contributed by atoms with E-state index in [4.69, 9.17) is 5.11 Å². The van der Waals surface area contributed by atoms with Crippen LogP contribution in [0.15, 0.2) is 42.5 Å². The minimum Gasteiger partial charge on any atom is -0.395 e. The molecular weight excluding hydrogens is 252 g/mol. The van der Waals surface area contributed by atoms with Gasteiger partial charge in [0.15, 0.2) is 0 Å². The Balaban J connectivity index is 2.21. The van der Waals surface area contributed by atoms with Crippen LogP contribution in [0.3, 0.4) is 0 Å². The average molecular weight is 270 g/mol. The average Bonchev–Trinajstić information content (AvgIpc) is 2.80. The molecule has 1 aromatic heterocycles. The van der Waals surface area contributed by atoms with Gasteiger partial charge in [-0.15, -0.1) is 0 Å². The highest BCUT2D eigenvalue weighted by molar-refractivity contribution is 6.08. The number of benzene rings is 2. The van der Waals surface area contributed by atoms with Gasteiger partial charge in [-0.3, -0.25) is 0 Å². The van der Waals surface area contributed by atoms with Crippen molar-refractivity contribution in [3.63, 3.8) is 0 Å². The third-order valence-electron chi connectivity index (χ3n) is 3.54. The summed E-state index contributed by atoms with van der Waals surface area (Å²) in [7, 11) is 0. The fraction of sp³-hybridized carbons (Fsp3) is 0.250. The number of nitrogens with one attached hydrogen (secondary N) is 1. The predicted octanol–water partition coefficient (Wildman–Crippen LogP) is 2.19. The number of aliphatic hydroxyl groups is 2. The number of nitrogens with zero attached hydrogens (tertiary/aromatic N) is 1. The third kappa shape index (κ3) is 2.13. The van der Waals surface area contributed by atoms with E-state index in [2.05, 4.69) is 34.1 Å². The van der Waals surface area contributed by atoms with Crippen molar-refractivity contribution in [2.75, 3.05) is 25.1 Å². The zero-order valence-corrected chi connectivity index (χ0v) is 11.2. The molecule has 0 amide bonds. The van der Waals surface area contributed by atoms with E-state index in [-0.39, 0.29) is 13.2 Å². The fourth-order valence-corrected chi connectivity index (χ4v) is 2.70. The molecule has 0 fully saturated rings. The van der Waals surface area contributed by atoms with E-state index in [1.54, 1.807) is 0 Å². The smallest absolute Gasteiger partial charge is 0.0610 e. The molecule has 0 bridgehead atoms. The first-order chi connectivity index (χ1) is 9.85. The molecule has 0 unspecified atom stereocenters. The van der Waals surface area contributed by atoms with Crippen LogP contribution in [0.1, 0.15) is 0 Å². The molecule has 4 nitrogen and oxygen atoms in total. The van der Waals surface area contributed by atoms with Gasteiger partial charge in [0, 0.05) is 35.1 Å². The van der Waals surface area contributed by atoms with E-state index in [1.165, 1.54) is 10.8 Å². The van der Waals surface area contributed by atoms with Crippen LogP contribution >= 0.6 is 0 Å². The monoisotopic (exact) mass is 270 g/mol. The molecule has 4 heteroatoms. The summed E-state index contributed by atoms with van der Waals surface area (Å²) in [5.41, 5.74) is 3.22.